The van der Waals surface area contributed by atoms with Crippen molar-refractivity contribution in [3.05, 3.63) is 48.2 Å². The molecule has 0 aliphatic heterocycles. The van der Waals surface area contributed by atoms with Gasteiger partial charge >= 0.3 is 5.97 Å². The number of unbranched alkanes of at least 4 members (excludes halogenated alkanes) is 1. The molecule has 0 unspecified atom stereocenters. The second-order valence-electron chi connectivity index (χ2n) is 9.50. The molecule has 2 N–H and O–H groups in total. The summed E-state index contributed by atoms with van der Waals surface area (Å²) in [6, 6.07) is 9.63. The van der Waals surface area contributed by atoms with Crippen LogP contribution in [0.2, 0.25) is 0 Å². The number of furan rings is 1. The van der Waals surface area contributed by atoms with E-state index in [-0.39, 0.29) is 23.8 Å². The van der Waals surface area contributed by atoms with Gasteiger partial charge in [-0.25, -0.2) is 0 Å². The number of carbonyl (C=O) groups excluding carboxylic acids is 1. The van der Waals surface area contributed by atoms with Crippen LogP contribution in [0.4, 0.5) is 0 Å². The molecular weight excluding hydrogens is 378 g/mol. The minimum atomic E-state index is -0.744. The standard InChI is InChI=1S/C25H31NO4/c1-25(2)18-13-17(10-5-3-4-6-12-22(27)28)23(19(25)15-18)26-24(29)21-14-16-9-7-8-11-20(16)30-21/h3,5,7-9,11,14,17-19,23H,4,6,10,12-13,15H2,1-2H3,(H,26,29)(H,27,28)/b5-3-/t17-,18-,19-,23+/m0/s1. The van der Waals surface area contributed by atoms with Gasteiger partial charge in [-0.3, -0.25) is 9.59 Å². The fourth-order valence-electron chi connectivity index (χ4n) is 5.44. The Bertz CT molecular complexity index is 924. The lowest BCUT2D eigenvalue weighted by atomic mass is 9.44. The predicted octanol–water partition coefficient (Wildman–Crippen LogP) is 5.41. The van der Waals surface area contributed by atoms with Crippen LogP contribution < -0.4 is 5.32 Å². The Hall–Kier alpha value is -2.56. The molecule has 0 saturated heterocycles. The Morgan fingerprint density at radius 2 is 2.03 bits per heavy atom. The number of fused-ring (bicyclic) bond motifs is 3. The number of rotatable bonds is 8. The molecule has 3 aliphatic rings. The molecule has 3 aliphatic carbocycles. The van der Waals surface area contributed by atoms with E-state index in [4.69, 9.17) is 9.52 Å². The summed E-state index contributed by atoms with van der Waals surface area (Å²) in [6.07, 6.45) is 9.14. The van der Waals surface area contributed by atoms with Crippen LogP contribution in [0.15, 0.2) is 46.9 Å². The molecule has 5 heteroatoms. The van der Waals surface area contributed by atoms with Gasteiger partial charge in [0, 0.05) is 17.8 Å². The smallest absolute Gasteiger partial charge is 0.303 e. The molecule has 4 atom stereocenters. The third kappa shape index (κ3) is 4.03. The zero-order valence-electron chi connectivity index (χ0n) is 17.8. The fraction of sp³-hybridized carbons (Fsp3) is 0.520. The first kappa shape index (κ1) is 20.7. The molecule has 30 heavy (non-hydrogen) atoms. The number of benzene rings is 1. The zero-order chi connectivity index (χ0) is 21.3. The highest BCUT2D eigenvalue weighted by atomic mass is 16.4. The normalized spacial score (nSPS) is 27.1. The van der Waals surface area contributed by atoms with E-state index in [2.05, 4.69) is 31.3 Å². The van der Waals surface area contributed by atoms with Gasteiger partial charge in [0.1, 0.15) is 5.58 Å². The SMILES string of the molecule is CC1(C)[C@H]2C[C@H](C/C=C\CCCC(=O)O)[C@@H](NC(=O)c3cc4ccccc4o3)[C@@H]1C2. The summed E-state index contributed by atoms with van der Waals surface area (Å²) in [5, 5.41) is 13.0. The van der Waals surface area contributed by atoms with E-state index in [1.165, 1.54) is 6.42 Å². The van der Waals surface area contributed by atoms with E-state index < -0.39 is 5.97 Å². The highest BCUT2D eigenvalue weighted by molar-refractivity contribution is 5.96. The van der Waals surface area contributed by atoms with Gasteiger partial charge in [0.2, 0.25) is 0 Å². The number of carbonyl (C=O) groups is 2. The van der Waals surface area contributed by atoms with Crippen LogP contribution in [0.3, 0.4) is 0 Å². The van der Waals surface area contributed by atoms with Crippen molar-refractivity contribution < 1.29 is 19.1 Å². The lowest BCUT2D eigenvalue weighted by molar-refractivity contribution is -0.137. The number of carboxylic acids is 1. The number of para-hydroxylation sites is 1. The molecule has 0 radical (unpaired) electrons. The summed E-state index contributed by atoms with van der Waals surface area (Å²) in [5.74, 6) is 1.10. The summed E-state index contributed by atoms with van der Waals surface area (Å²) in [7, 11) is 0. The Morgan fingerprint density at radius 3 is 2.77 bits per heavy atom. The zero-order valence-corrected chi connectivity index (χ0v) is 17.8. The molecule has 1 aromatic carbocycles. The van der Waals surface area contributed by atoms with E-state index >= 15 is 0 Å². The van der Waals surface area contributed by atoms with Crippen LogP contribution in [0, 0.1) is 23.2 Å². The highest BCUT2D eigenvalue weighted by Crippen LogP contribution is 2.61. The van der Waals surface area contributed by atoms with Gasteiger partial charge in [-0.15, -0.1) is 0 Å². The van der Waals surface area contributed by atoms with Gasteiger partial charge in [-0.05, 0) is 67.4 Å². The first-order valence-corrected chi connectivity index (χ1v) is 11.0. The number of hydrogen-bond acceptors (Lipinski definition) is 3. The molecular formula is C25H31NO4. The van der Waals surface area contributed by atoms with Gasteiger partial charge in [0.25, 0.3) is 5.91 Å². The number of amides is 1. The van der Waals surface area contributed by atoms with Crippen molar-refractivity contribution in [3.63, 3.8) is 0 Å². The van der Waals surface area contributed by atoms with Crippen LogP contribution in [-0.4, -0.2) is 23.0 Å². The predicted molar refractivity (Wildman–Crippen MR) is 116 cm³/mol. The second-order valence-corrected chi connectivity index (χ2v) is 9.50. The summed E-state index contributed by atoms with van der Waals surface area (Å²) < 4.78 is 5.78. The highest BCUT2D eigenvalue weighted by Gasteiger charge is 2.57. The summed E-state index contributed by atoms with van der Waals surface area (Å²) in [5.41, 5.74) is 0.990. The van der Waals surface area contributed by atoms with Gasteiger partial charge in [-0.2, -0.15) is 0 Å². The first-order valence-electron chi connectivity index (χ1n) is 11.0. The van der Waals surface area contributed by atoms with Crippen LogP contribution >= 0.6 is 0 Å². The molecule has 2 bridgehead atoms. The molecule has 1 aromatic heterocycles. The summed E-state index contributed by atoms with van der Waals surface area (Å²) in [6.45, 7) is 4.65. The van der Waals surface area contributed by atoms with Crippen molar-refractivity contribution in [1.29, 1.82) is 0 Å². The Morgan fingerprint density at radius 1 is 1.23 bits per heavy atom. The minimum Gasteiger partial charge on any atom is -0.481 e. The molecule has 1 heterocycles. The Kier molecular flexibility index (Phi) is 5.72. The van der Waals surface area contributed by atoms with Gasteiger partial charge in [0.15, 0.2) is 5.76 Å². The van der Waals surface area contributed by atoms with Crippen molar-refractivity contribution in [1.82, 2.24) is 5.32 Å². The number of carboxylic acid groups (broad SMARTS) is 1. The minimum absolute atomic E-state index is 0.132. The Labute approximate surface area is 177 Å². The molecule has 2 aromatic rings. The average molecular weight is 410 g/mol. The molecule has 3 fully saturated rings. The molecule has 5 nitrogen and oxygen atoms in total. The van der Waals surface area contributed by atoms with E-state index in [0.29, 0.717) is 29.9 Å². The lowest BCUT2D eigenvalue weighted by Crippen LogP contribution is -2.63. The van der Waals surface area contributed by atoms with Crippen molar-refractivity contribution in [3.8, 4) is 0 Å². The van der Waals surface area contributed by atoms with Gasteiger partial charge in [-0.1, -0.05) is 44.2 Å². The topological polar surface area (TPSA) is 79.5 Å². The van der Waals surface area contributed by atoms with Crippen molar-refractivity contribution in [2.24, 2.45) is 23.2 Å². The maximum absolute atomic E-state index is 13.0. The summed E-state index contributed by atoms with van der Waals surface area (Å²) in [4.78, 5) is 23.6. The average Bonchev–Trinajstić information content (AvgIpc) is 3.15. The second kappa shape index (κ2) is 8.29. The number of aliphatic carboxylic acids is 1. The van der Waals surface area contributed by atoms with Crippen LogP contribution in [0.25, 0.3) is 11.0 Å². The number of hydrogen-bond donors (Lipinski definition) is 2. The van der Waals surface area contributed by atoms with Crippen molar-refractivity contribution in [2.45, 2.75) is 58.4 Å². The number of nitrogens with one attached hydrogen (secondary N) is 1. The quantitative estimate of drug-likeness (QED) is 0.451. The fourth-order valence-corrected chi connectivity index (χ4v) is 5.44. The van der Waals surface area contributed by atoms with Crippen molar-refractivity contribution >= 4 is 22.8 Å². The Balaban J connectivity index is 1.42. The number of allylic oxidation sites excluding steroid dienone is 2. The summed E-state index contributed by atoms with van der Waals surface area (Å²) >= 11 is 0. The molecule has 160 valence electrons. The maximum atomic E-state index is 13.0. The van der Waals surface area contributed by atoms with E-state index in [1.807, 2.05) is 30.3 Å². The molecule has 5 rings (SSSR count). The largest absolute Gasteiger partial charge is 0.481 e. The van der Waals surface area contributed by atoms with E-state index in [9.17, 15) is 9.59 Å². The molecule has 3 saturated carbocycles. The van der Waals surface area contributed by atoms with Gasteiger partial charge < -0.3 is 14.8 Å². The van der Waals surface area contributed by atoms with E-state index in [0.717, 1.165) is 30.2 Å². The van der Waals surface area contributed by atoms with Gasteiger partial charge in [0.05, 0.1) is 0 Å². The van der Waals surface area contributed by atoms with Crippen molar-refractivity contribution in [2.75, 3.05) is 0 Å². The molecule has 0 spiro atoms. The molecule has 1 amide bonds. The third-order valence-corrected chi connectivity index (χ3v) is 7.39. The lowest BCUT2D eigenvalue weighted by Gasteiger charge is -2.62. The maximum Gasteiger partial charge on any atom is 0.303 e. The van der Waals surface area contributed by atoms with Crippen LogP contribution in [0.5, 0.6) is 0 Å². The van der Waals surface area contributed by atoms with Crippen LogP contribution in [0.1, 0.15) is 62.9 Å². The third-order valence-electron chi connectivity index (χ3n) is 7.39. The van der Waals surface area contributed by atoms with E-state index in [1.54, 1.807) is 0 Å². The van der Waals surface area contributed by atoms with Crippen LogP contribution in [-0.2, 0) is 4.79 Å². The first-order chi connectivity index (χ1) is 14.4. The monoisotopic (exact) mass is 409 g/mol.